The van der Waals surface area contributed by atoms with E-state index in [0.717, 1.165) is 23.1 Å². The fourth-order valence-electron chi connectivity index (χ4n) is 3.48. The molecule has 0 unspecified atom stereocenters. The molecule has 0 aliphatic carbocycles. The first kappa shape index (κ1) is 25.7. The van der Waals surface area contributed by atoms with Crippen molar-refractivity contribution in [1.29, 1.82) is 0 Å². The van der Waals surface area contributed by atoms with Gasteiger partial charge in [0.05, 0.1) is 26.5 Å². The van der Waals surface area contributed by atoms with Crippen LogP contribution in [0.1, 0.15) is 27.0 Å². The third-order valence-electron chi connectivity index (χ3n) is 5.13. The monoisotopic (exact) mass is 527 g/mol. The van der Waals surface area contributed by atoms with E-state index in [4.69, 9.17) is 0 Å². The molecule has 0 N–H and O–H groups in total. The van der Waals surface area contributed by atoms with Gasteiger partial charge in [-0.1, -0.05) is 12.1 Å². The molecule has 0 bridgehead atoms. The molecule has 3 rings (SSSR count). The second kappa shape index (κ2) is 8.73. The van der Waals surface area contributed by atoms with Crippen molar-refractivity contribution in [2.24, 2.45) is 5.92 Å². The molecule has 14 heteroatoms. The third-order valence-corrected chi connectivity index (χ3v) is 7.20. The Bertz CT molecular complexity index is 1380. The van der Waals surface area contributed by atoms with E-state index in [1.54, 1.807) is 0 Å². The maximum absolute atomic E-state index is 13.0. The van der Waals surface area contributed by atoms with Crippen LogP contribution in [-0.2, 0) is 32.5 Å². The smallest absolute Gasteiger partial charge is 0.337 e. The average Bonchev–Trinajstić information content (AvgIpc) is 2.67. The van der Waals surface area contributed by atoms with E-state index in [-0.39, 0.29) is 23.5 Å². The zero-order valence-electron chi connectivity index (χ0n) is 17.1. The molecule has 34 heavy (non-hydrogen) atoms. The number of hydrogen-bond donors (Lipinski definition) is 0. The minimum Gasteiger partial charge on any atom is -0.337 e. The maximum Gasteiger partial charge on any atom is 0.416 e. The van der Waals surface area contributed by atoms with Crippen LogP contribution in [0.3, 0.4) is 0 Å². The summed E-state index contributed by atoms with van der Waals surface area (Å²) in [4.78, 5) is 12.6. The van der Waals surface area contributed by atoms with Gasteiger partial charge in [0.25, 0.3) is 5.91 Å². The first-order valence-electron chi connectivity index (χ1n) is 9.34. The molecule has 1 aliphatic heterocycles. The standard InChI is InChI=1S/C20H15F6NO5S2/c1-34(31,32)16-8-14(20(24,25)26)5-6-15(16)18(28)27-9-12(10-27)17(33(29)30)11-3-2-4-13(7-11)19(21,22)23/h2-8,12H,9-10H2,1H3. The minimum atomic E-state index is -4.85. The van der Waals surface area contributed by atoms with E-state index in [1.165, 1.54) is 6.07 Å². The first-order chi connectivity index (χ1) is 15.5. The van der Waals surface area contributed by atoms with Gasteiger partial charge in [-0.3, -0.25) is 4.79 Å². The van der Waals surface area contributed by atoms with Crippen LogP contribution < -0.4 is 0 Å². The molecule has 2 aromatic rings. The van der Waals surface area contributed by atoms with E-state index < -0.39 is 65.9 Å². The lowest BCUT2D eigenvalue weighted by atomic mass is 9.90. The fourth-order valence-corrected chi connectivity index (χ4v) is 5.12. The van der Waals surface area contributed by atoms with Crippen molar-refractivity contribution < 1.29 is 48.0 Å². The number of sulfone groups is 1. The van der Waals surface area contributed by atoms with Gasteiger partial charge >= 0.3 is 12.4 Å². The molecule has 1 saturated heterocycles. The first-order valence-corrected chi connectivity index (χ1v) is 12.3. The van der Waals surface area contributed by atoms with Crippen LogP contribution in [0.4, 0.5) is 26.3 Å². The largest absolute Gasteiger partial charge is 0.416 e. The molecular weight excluding hydrogens is 512 g/mol. The summed E-state index contributed by atoms with van der Waals surface area (Å²) in [6.07, 6.45) is -8.92. The van der Waals surface area contributed by atoms with Crippen LogP contribution in [0.2, 0.25) is 0 Å². The SMILES string of the molecule is CS(=O)(=O)c1cc(C(F)(F)F)ccc1C(=O)N1CC(C(c2cccc(C(F)(F)F)c2)=S(=O)=O)C1. The molecule has 0 atom stereocenters. The Kier molecular flexibility index (Phi) is 6.61. The molecule has 0 radical (unpaired) electrons. The van der Waals surface area contributed by atoms with Crippen LogP contribution in [0, 0.1) is 5.92 Å². The molecular formula is C20H15F6NO5S2. The minimum absolute atomic E-state index is 0.216. The van der Waals surface area contributed by atoms with Gasteiger partial charge in [0, 0.05) is 25.3 Å². The van der Waals surface area contributed by atoms with Crippen molar-refractivity contribution in [3.63, 3.8) is 0 Å². The van der Waals surface area contributed by atoms with E-state index >= 15 is 0 Å². The Balaban J connectivity index is 1.89. The topological polar surface area (TPSA) is 88.6 Å². The van der Waals surface area contributed by atoms with E-state index in [9.17, 15) is 48.0 Å². The van der Waals surface area contributed by atoms with Crippen molar-refractivity contribution in [2.45, 2.75) is 17.2 Å². The number of likely N-dealkylation sites (tertiary alicyclic amines) is 1. The van der Waals surface area contributed by atoms with Crippen molar-refractivity contribution in [3.8, 4) is 0 Å². The second-order valence-electron chi connectivity index (χ2n) is 7.57. The van der Waals surface area contributed by atoms with Gasteiger partial charge in [-0.05, 0) is 35.9 Å². The number of carbonyl (C=O) groups excluding carboxylic acids is 1. The predicted octanol–water partition coefficient (Wildman–Crippen LogP) is 3.30. The number of nitrogens with zero attached hydrogens (tertiary/aromatic N) is 1. The van der Waals surface area contributed by atoms with Crippen molar-refractivity contribution >= 4 is 30.9 Å². The van der Waals surface area contributed by atoms with Gasteiger partial charge in [-0.25, -0.2) is 8.42 Å². The molecule has 2 aromatic carbocycles. The summed E-state index contributed by atoms with van der Waals surface area (Å²) >= 11 is 0. The molecule has 0 spiro atoms. The van der Waals surface area contributed by atoms with E-state index in [2.05, 4.69) is 0 Å². The summed E-state index contributed by atoms with van der Waals surface area (Å²) in [6.45, 7) is -0.578. The number of rotatable bonds is 4. The van der Waals surface area contributed by atoms with Gasteiger partial charge in [-0.2, -0.15) is 34.8 Å². The molecule has 0 aromatic heterocycles. The Morgan fingerprint density at radius 1 is 0.941 bits per heavy atom. The van der Waals surface area contributed by atoms with Crippen LogP contribution in [0.25, 0.3) is 0 Å². The van der Waals surface area contributed by atoms with Gasteiger partial charge in [0.1, 0.15) is 0 Å². The Morgan fingerprint density at radius 3 is 2.00 bits per heavy atom. The summed E-state index contributed by atoms with van der Waals surface area (Å²) in [6, 6.07) is 5.24. The van der Waals surface area contributed by atoms with Crippen molar-refractivity contribution in [1.82, 2.24) is 4.90 Å². The zero-order chi connectivity index (χ0) is 25.6. The summed E-state index contributed by atoms with van der Waals surface area (Å²) in [5, 5.41) is 0. The highest BCUT2D eigenvalue weighted by Gasteiger charge is 2.39. The van der Waals surface area contributed by atoms with Gasteiger partial charge in [-0.15, -0.1) is 0 Å². The van der Waals surface area contributed by atoms with Gasteiger partial charge in [0.15, 0.2) is 9.84 Å². The van der Waals surface area contributed by atoms with Crippen molar-refractivity contribution in [3.05, 3.63) is 64.7 Å². The Labute approximate surface area is 191 Å². The molecule has 1 heterocycles. The number of amides is 1. The lowest BCUT2D eigenvalue weighted by Crippen LogP contribution is -2.53. The van der Waals surface area contributed by atoms with Gasteiger partial charge < -0.3 is 4.90 Å². The number of halogens is 6. The molecule has 6 nitrogen and oxygen atoms in total. The summed E-state index contributed by atoms with van der Waals surface area (Å²) in [7, 11) is -7.17. The summed E-state index contributed by atoms with van der Waals surface area (Å²) in [5.74, 6) is -1.84. The predicted molar refractivity (Wildman–Crippen MR) is 108 cm³/mol. The van der Waals surface area contributed by atoms with Crippen LogP contribution in [-0.4, -0.2) is 51.9 Å². The number of benzene rings is 2. The van der Waals surface area contributed by atoms with E-state index in [1.807, 2.05) is 0 Å². The highest BCUT2D eigenvalue weighted by atomic mass is 32.2. The number of alkyl halides is 6. The summed E-state index contributed by atoms with van der Waals surface area (Å²) in [5.41, 5.74) is -3.08. The second-order valence-corrected chi connectivity index (χ2v) is 10.5. The maximum atomic E-state index is 13.0. The van der Waals surface area contributed by atoms with Crippen LogP contribution in [0.5, 0.6) is 0 Å². The molecule has 1 aliphatic rings. The quantitative estimate of drug-likeness (QED) is 0.346. The van der Waals surface area contributed by atoms with Crippen LogP contribution in [0.15, 0.2) is 47.4 Å². The summed E-state index contributed by atoms with van der Waals surface area (Å²) < 4.78 is 125. The number of carbonyl (C=O) groups is 1. The van der Waals surface area contributed by atoms with E-state index in [0.29, 0.717) is 24.5 Å². The molecule has 0 saturated carbocycles. The third kappa shape index (κ3) is 5.27. The molecule has 1 fully saturated rings. The normalized spacial score (nSPS) is 15.1. The fraction of sp³-hybridized carbons (Fsp3) is 0.300. The molecule has 1 amide bonds. The van der Waals surface area contributed by atoms with Gasteiger partial charge in [0.2, 0.25) is 10.3 Å². The lowest BCUT2D eigenvalue weighted by Gasteiger charge is -2.39. The molecule has 184 valence electrons. The lowest BCUT2D eigenvalue weighted by molar-refractivity contribution is -0.138. The highest BCUT2D eigenvalue weighted by molar-refractivity contribution is 7.90. The van der Waals surface area contributed by atoms with Crippen molar-refractivity contribution in [2.75, 3.05) is 19.3 Å². The Hall–Kier alpha value is -2.87. The number of hydrogen-bond acceptors (Lipinski definition) is 5. The van der Waals surface area contributed by atoms with Crippen LogP contribution >= 0.6 is 0 Å². The zero-order valence-corrected chi connectivity index (χ0v) is 18.7. The highest BCUT2D eigenvalue weighted by Crippen LogP contribution is 2.34. The average molecular weight is 527 g/mol. The Morgan fingerprint density at radius 2 is 1.50 bits per heavy atom.